The van der Waals surface area contributed by atoms with E-state index in [9.17, 15) is 24.3 Å². The number of carbonyl (C=O) groups excluding carboxylic acids is 4. The molecule has 1 heterocycles. The Morgan fingerprint density at radius 2 is 1.70 bits per heavy atom. The van der Waals surface area contributed by atoms with Gasteiger partial charge in [-0.05, 0) is 69.3 Å². The summed E-state index contributed by atoms with van der Waals surface area (Å²) in [7, 11) is 1.21. The fourth-order valence-electron chi connectivity index (χ4n) is 8.22. The van der Waals surface area contributed by atoms with Crippen LogP contribution >= 0.6 is 0 Å². The normalized spacial score (nSPS) is 48.4. The number of ketones is 2. The average molecular weight is 459 g/mol. The van der Waals surface area contributed by atoms with Crippen LogP contribution in [-0.4, -0.2) is 46.9 Å². The molecule has 1 N–H and O–H groups in total. The second kappa shape index (κ2) is 6.44. The fraction of sp³-hybridized carbons (Fsp3) is 0.692. The molecule has 3 saturated carbocycles. The molecule has 0 spiro atoms. The largest absolute Gasteiger partial charge is 0.468 e. The van der Waals surface area contributed by atoms with Crippen molar-refractivity contribution in [3.05, 3.63) is 24.3 Å². The minimum Gasteiger partial charge on any atom is -0.468 e. The van der Waals surface area contributed by atoms with E-state index >= 15 is 0 Å². The minimum atomic E-state index is -2.34. The number of hydrogen-bond donors (Lipinski definition) is 1. The van der Waals surface area contributed by atoms with Crippen molar-refractivity contribution in [1.82, 2.24) is 0 Å². The van der Waals surface area contributed by atoms with Crippen molar-refractivity contribution < 1.29 is 33.8 Å². The van der Waals surface area contributed by atoms with E-state index in [1.165, 1.54) is 20.1 Å². The van der Waals surface area contributed by atoms with Gasteiger partial charge in [0.25, 0.3) is 0 Å². The monoisotopic (exact) mass is 458 g/mol. The van der Waals surface area contributed by atoms with Crippen LogP contribution in [0.25, 0.3) is 0 Å². The smallest absolute Gasteiger partial charge is 0.330 e. The van der Waals surface area contributed by atoms with Crippen LogP contribution in [0, 0.1) is 33.5 Å². The topological polar surface area (TPSA) is 107 Å². The van der Waals surface area contributed by atoms with Gasteiger partial charge in [-0.25, -0.2) is 4.79 Å². The molecule has 1 aliphatic heterocycles. The van der Waals surface area contributed by atoms with Gasteiger partial charge in [-0.15, -0.1) is 0 Å². The Bertz CT molecular complexity index is 1030. The zero-order chi connectivity index (χ0) is 25.0. The number of Topliss-reactive ketones (excluding diaryl/α,β-unsaturated/α-hetero) is 2. The summed E-state index contributed by atoms with van der Waals surface area (Å²) in [6, 6.07) is 0. The van der Waals surface area contributed by atoms with Crippen LogP contribution in [0.15, 0.2) is 24.3 Å². The molecule has 0 aromatic rings. The second-order valence-corrected chi connectivity index (χ2v) is 11.8. The standard InChI is InChI=1S/C26H34O7/c1-14-23(5)13-16-22(4)11-10-17(27)33-21(2,3)15(22)9-12-24(16,6)26(14,20(30)32-8)19(29)25(7,31)18(23)28/h10-11,15-16,31H,1,9,12-13H2,2-8H3/t15-,16+,22-,23-,24+,25+,26+/m1/s1. The third-order valence-corrected chi connectivity index (χ3v) is 9.81. The highest BCUT2D eigenvalue weighted by Gasteiger charge is 2.81. The lowest BCUT2D eigenvalue weighted by atomic mass is 9.31. The molecule has 0 saturated heterocycles. The maximum absolute atomic E-state index is 14.0. The van der Waals surface area contributed by atoms with Crippen molar-refractivity contribution in [2.75, 3.05) is 7.11 Å². The number of cyclic esters (lactones) is 1. The van der Waals surface area contributed by atoms with Gasteiger partial charge in [0.05, 0.1) is 12.5 Å². The maximum atomic E-state index is 14.0. The van der Waals surface area contributed by atoms with E-state index in [0.29, 0.717) is 12.8 Å². The molecule has 3 fully saturated rings. The summed E-state index contributed by atoms with van der Waals surface area (Å²) >= 11 is 0. The third kappa shape index (κ3) is 2.44. The third-order valence-electron chi connectivity index (χ3n) is 9.81. The van der Waals surface area contributed by atoms with Gasteiger partial charge in [-0.2, -0.15) is 0 Å². The lowest BCUT2D eigenvalue weighted by Gasteiger charge is -2.69. The summed E-state index contributed by atoms with van der Waals surface area (Å²) in [5, 5.41) is 11.1. The quantitative estimate of drug-likeness (QED) is 0.366. The van der Waals surface area contributed by atoms with Gasteiger partial charge in [0.15, 0.2) is 22.6 Å². The molecule has 4 aliphatic rings. The summed E-state index contributed by atoms with van der Waals surface area (Å²) < 4.78 is 11.0. The number of allylic oxidation sites excluding steroid dienone is 1. The van der Waals surface area contributed by atoms with Crippen molar-refractivity contribution >= 4 is 23.5 Å². The summed E-state index contributed by atoms with van der Waals surface area (Å²) in [5.41, 5.74) is -7.82. The summed E-state index contributed by atoms with van der Waals surface area (Å²) in [5.74, 6) is -3.24. The number of methoxy groups -OCH3 is 1. The Balaban J connectivity index is 2.07. The van der Waals surface area contributed by atoms with E-state index in [2.05, 4.69) is 6.58 Å². The summed E-state index contributed by atoms with van der Waals surface area (Å²) in [6.07, 6.45) is 4.54. The van der Waals surface area contributed by atoms with Crippen LogP contribution in [0.3, 0.4) is 0 Å². The van der Waals surface area contributed by atoms with E-state index in [1.54, 1.807) is 6.92 Å². The molecule has 7 atom stereocenters. The van der Waals surface area contributed by atoms with Crippen molar-refractivity contribution in [3.63, 3.8) is 0 Å². The highest BCUT2D eigenvalue weighted by atomic mass is 16.6. The van der Waals surface area contributed by atoms with Gasteiger partial charge in [0.1, 0.15) is 5.60 Å². The molecular formula is C26H34O7. The molecule has 0 aromatic carbocycles. The summed E-state index contributed by atoms with van der Waals surface area (Å²) in [6.45, 7) is 14.6. The maximum Gasteiger partial charge on any atom is 0.330 e. The van der Waals surface area contributed by atoms with E-state index in [-0.39, 0.29) is 23.8 Å². The first-order valence-corrected chi connectivity index (χ1v) is 11.5. The van der Waals surface area contributed by atoms with Crippen molar-refractivity contribution in [2.45, 2.75) is 72.0 Å². The fourth-order valence-corrected chi connectivity index (χ4v) is 8.22. The Kier molecular flexibility index (Phi) is 4.65. The van der Waals surface area contributed by atoms with Gasteiger partial charge < -0.3 is 14.6 Å². The first-order chi connectivity index (χ1) is 15.0. The number of carbonyl (C=O) groups is 4. The molecular weight excluding hydrogens is 424 g/mol. The Morgan fingerprint density at radius 1 is 1.09 bits per heavy atom. The number of rotatable bonds is 1. The second-order valence-electron chi connectivity index (χ2n) is 11.8. The Hall–Kier alpha value is -2.28. The lowest BCUT2D eigenvalue weighted by Crippen LogP contribution is -2.77. The molecule has 0 aromatic heterocycles. The molecule has 0 amide bonds. The van der Waals surface area contributed by atoms with Crippen LogP contribution in [0.4, 0.5) is 0 Å². The first-order valence-electron chi connectivity index (χ1n) is 11.5. The predicted molar refractivity (Wildman–Crippen MR) is 119 cm³/mol. The van der Waals surface area contributed by atoms with Gasteiger partial charge in [0, 0.05) is 12.0 Å². The molecule has 0 radical (unpaired) electrons. The number of ether oxygens (including phenoxy) is 2. The number of aliphatic hydroxyl groups is 1. The van der Waals surface area contributed by atoms with Crippen LogP contribution in [0.5, 0.6) is 0 Å². The Labute approximate surface area is 194 Å². The highest BCUT2D eigenvalue weighted by Crippen LogP contribution is 2.75. The number of fused-ring (bicyclic) bond motifs is 6. The van der Waals surface area contributed by atoms with Crippen molar-refractivity contribution in [1.29, 1.82) is 0 Å². The average Bonchev–Trinajstić information content (AvgIpc) is 2.81. The number of hydrogen-bond acceptors (Lipinski definition) is 7. The van der Waals surface area contributed by atoms with Crippen molar-refractivity contribution in [2.24, 2.45) is 33.5 Å². The van der Waals surface area contributed by atoms with Gasteiger partial charge in [-0.1, -0.05) is 26.5 Å². The molecule has 2 bridgehead atoms. The molecule has 3 aliphatic carbocycles. The van der Waals surface area contributed by atoms with Crippen LogP contribution < -0.4 is 0 Å². The van der Waals surface area contributed by atoms with Crippen LogP contribution in [-0.2, 0) is 28.7 Å². The highest BCUT2D eigenvalue weighted by molar-refractivity contribution is 6.26. The van der Waals surface area contributed by atoms with Gasteiger partial charge in [-0.3, -0.25) is 14.4 Å². The molecule has 4 rings (SSSR count). The van der Waals surface area contributed by atoms with E-state index in [4.69, 9.17) is 9.47 Å². The van der Waals surface area contributed by atoms with Crippen LogP contribution in [0.2, 0.25) is 0 Å². The van der Waals surface area contributed by atoms with E-state index in [1.807, 2.05) is 33.8 Å². The minimum absolute atomic E-state index is 0.109. The van der Waals surface area contributed by atoms with Gasteiger partial charge in [0.2, 0.25) is 0 Å². The molecule has 7 heteroatoms. The summed E-state index contributed by atoms with van der Waals surface area (Å²) in [4.78, 5) is 53.6. The first kappa shape index (κ1) is 23.9. The Morgan fingerprint density at radius 3 is 2.27 bits per heavy atom. The van der Waals surface area contributed by atoms with Gasteiger partial charge >= 0.3 is 11.9 Å². The molecule has 180 valence electrons. The number of esters is 2. The zero-order valence-corrected chi connectivity index (χ0v) is 20.5. The zero-order valence-electron chi connectivity index (χ0n) is 20.5. The molecule has 33 heavy (non-hydrogen) atoms. The van der Waals surface area contributed by atoms with Crippen molar-refractivity contribution in [3.8, 4) is 0 Å². The molecule has 0 unspecified atom stereocenters. The van der Waals surface area contributed by atoms with Crippen LogP contribution in [0.1, 0.15) is 60.8 Å². The predicted octanol–water partition coefficient (Wildman–Crippen LogP) is 2.95. The SMILES string of the molecule is C=C1[C@@]2(C)C[C@H]3[C@]4(C)C=CC(=O)OC(C)(C)[C@H]4CC[C@]3(C)[C@]1(C(=O)OC)C(=O)[C@@](C)(O)C2=O. The lowest BCUT2D eigenvalue weighted by molar-refractivity contribution is -0.216. The van der Waals surface area contributed by atoms with E-state index < -0.39 is 56.4 Å². The molecule has 7 nitrogen and oxygen atoms in total. The van der Waals surface area contributed by atoms with E-state index in [0.717, 1.165) is 0 Å².